The summed E-state index contributed by atoms with van der Waals surface area (Å²) < 4.78 is 1.38. The molecule has 0 spiro atoms. The Bertz CT molecular complexity index is 107. The summed E-state index contributed by atoms with van der Waals surface area (Å²) in [4.78, 5) is 0. The van der Waals surface area contributed by atoms with E-state index in [1.54, 1.807) is 0 Å². The van der Waals surface area contributed by atoms with Crippen LogP contribution in [-0.4, -0.2) is 16.3 Å². The normalized spacial score (nSPS) is 13.8. The lowest BCUT2D eigenvalue weighted by Gasteiger charge is -1.80. The molecule has 0 fully saturated rings. The molecule has 0 nitrogen and oxygen atoms in total. The summed E-state index contributed by atoms with van der Waals surface area (Å²) in [6.07, 6.45) is 7.44. The van der Waals surface area contributed by atoms with Crippen molar-refractivity contribution >= 4 is 41.1 Å². The van der Waals surface area contributed by atoms with Gasteiger partial charge in [0.2, 0.25) is 0 Å². The van der Waals surface area contributed by atoms with Crippen molar-refractivity contribution in [3.63, 3.8) is 0 Å². The minimum absolute atomic E-state index is 0. The Kier molecular flexibility index (Phi) is 8.15. The summed E-state index contributed by atoms with van der Waals surface area (Å²) in [5.74, 6) is 0. The Balaban J connectivity index is 0. The third-order valence-corrected chi connectivity index (χ3v) is 1.23. The van der Waals surface area contributed by atoms with Crippen molar-refractivity contribution in [3.8, 4) is 0 Å². The number of rotatable bonds is 0. The molecule has 0 N–H and O–H groups in total. The average Bonchev–Trinajstić information content (AvgIpc) is 1.86. The molecule has 0 unspecified atom stereocenters. The van der Waals surface area contributed by atoms with Gasteiger partial charge in [-0.3, -0.25) is 0 Å². The molecule has 0 saturated carbocycles. The van der Waals surface area contributed by atoms with Gasteiger partial charge in [-0.15, -0.1) is 24.8 Å². The second-order valence-corrected chi connectivity index (χ2v) is 2.12. The molecular weight excluding hydrogens is 158 g/mol. The molecule has 0 amide bonds. The minimum atomic E-state index is 0. The molecule has 0 bridgehead atoms. The third kappa shape index (κ3) is 3.58. The summed E-state index contributed by atoms with van der Waals surface area (Å²) in [6, 6.07) is 0. The molecule has 8 heavy (non-hydrogen) atoms. The second kappa shape index (κ2) is 5.72. The first kappa shape index (κ1) is 11.4. The predicted molar refractivity (Wildman–Crippen MR) is 42.1 cm³/mol. The highest BCUT2D eigenvalue weighted by molar-refractivity contribution is 6.22. The van der Waals surface area contributed by atoms with Crippen LogP contribution in [0, 0.1) is 0 Å². The maximum Gasteiger partial charge on any atom is 0.168 e. The summed E-state index contributed by atoms with van der Waals surface area (Å²) in [5.41, 5.74) is 0. The SMILES string of the molecule is Cl.Cl.[Al][C]1=CC=CC1. The van der Waals surface area contributed by atoms with Gasteiger partial charge in [0.25, 0.3) is 0 Å². The van der Waals surface area contributed by atoms with Crippen molar-refractivity contribution in [1.29, 1.82) is 0 Å². The molecule has 0 aromatic carbocycles. The zero-order valence-corrected chi connectivity index (χ0v) is 7.12. The van der Waals surface area contributed by atoms with Crippen molar-refractivity contribution in [2.45, 2.75) is 6.42 Å². The lowest BCUT2D eigenvalue weighted by atomic mass is 10.5. The molecule has 0 aromatic heterocycles. The quantitative estimate of drug-likeness (QED) is 0.480. The minimum Gasteiger partial charge on any atom is -0.155 e. The van der Waals surface area contributed by atoms with Crippen LogP contribution in [0.3, 0.4) is 0 Å². The zero-order valence-electron chi connectivity index (χ0n) is 4.33. The maximum absolute atomic E-state index is 2.67. The van der Waals surface area contributed by atoms with Gasteiger partial charge in [0, 0.05) is 0 Å². The zero-order chi connectivity index (χ0) is 4.41. The summed E-state index contributed by atoms with van der Waals surface area (Å²) in [5, 5.41) is 0. The van der Waals surface area contributed by atoms with Gasteiger partial charge in [-0.25, -0.2) is 0 Å². The molecule has 3 heteroatoms. The summed E-state index contributed by atoms with van der Waals surface area (Å²) >= 11 is 2.67. The largest absolute Gasteiger partial charge is 0.168 e. The Morgan fingerprint density at radius 3 is 2.12 bits per heavy atom. The highest BCUT2D eigenvalue weighted by atomic mass is 35.5. The smallest absolute Gasteiger partial charge is 0.155 e. The molecule has 1 rings (SSSR count). The van der Waals surface area contributed by atoms with E-state index in [9.17, 15) is 0 Å². The van der Waals surface area contributed by atoms with Gasteiger partial charge in [0.1, 0.15) is 0 Å². The van der Waals surface area contributed by atoms with Crippen LogP contribution >= 0.6 is 24.8 Å². The monoisotopic (exact) mass is 164 g/mol. The molecule has 1 aliphatic rings. The predicted octanol–water partition coefficient (Wildman–Crippen LogP) is 1.84. The Hall–Kier alpha value is 0.592. The van der Waals surface area contributed by atoms with E-state index in [-0.39, 0.29) is 24.8 Å². The number of hydrogen-bond donors (Lipinski definition) is 0. The lowest BCUT2D eigenvalue weighted by Crippen LogP contribution is -1.68. The van der Waals surface area contributed by atoms with Crippen molar-refractivity contribution in [2.75, 3.05) is 0 Å². The first-order chi connectivity index (χ1) is 2.89. The molecular formula is C5H7AlCl2. The van der Waals surface area contributed by atoms with Gasteiger partial charge in [-0.1, -0.05) is 18.2 Å². The maximum atomic E-state index is 2.67. The Labute approximate surface area is 70.3 Å². The van der Waals surface area contributed by atoms with E-state index >= 15 is 0 Å². The van der Waals surface area contributed by atoms with Crippen molar-refractivity contribution in [1.82, 2.24) is 0 Å². The van der Waals surface area contributed by atoms with E-state index in [0.29, 0.717) is 0 Å². The van der Waals surface area contributed by atoms with Crippen LogP contribution in [-0.2, 0) is 0 Å². The molecule has 0 saturated heterocycles. The van der Waals surface area contributed by atoms with Gasteiger partial charge >= 0.3 is 0 Å². The van der Waals surface area contributed by atoms with Crippen LogP contribution in [0.5, 0.6) is 0 Å². The van der Waals surface area contributed by atoms with Crippen LogP contribution in [0.2, 0.25) is 0 Å². The van der Waals surface area contributed by atoms with Crippen molar-refractivity contribution in [3.05, 3.63) is 22.7 Å². The van der Waals surface area contributed by atoms with E-state index in [4.69, 9.17) is 0 Å². The number of allylic oxidation sites excluding steroid dienone is 4. The van der Waals surface area contributed by atoms with Crippen LogP contribution in [0.25, 0.3) is 0 Å². The average molecular weight is 165 g/mol. The molecule has 0 heterocycles. The fourth-order valence-electron chi connectivity index (χ4n) is 0.464. The Morgan fingerprint density at radius 2 is 2.00 bits per heavy atom. The molecule has 44 valence electrons. The number of halogens is 2. The van der Waals surface area contributed by atoms with Gasteiger partial charge in [0.15, 0.2) is 16.3 Å². The molecule has 0 aromatic rings. The second-order valence-electron chi connectivity index (χ2n) is 1.37. The summed E-state index contributed by atoms with van der Waals surface area (Å²) in [6.45, 7) is 0. The molecule has 0 atom stereocenters. The molecule has 1 aliphatic carbocycles. The van der Waals surface area contributed by atoms with E-state index in [1.165, 1.54) is 4.44 Å². The fraction of sp³-hybridized carbons (Fsp3) is 0.200. The standard InChI is InChI=1S/C5H5.Al.2ClH/c1-2-4-5-3-1;;;/h1-3H,4H2;;2*1H. The van der Waals surface area contributed by atoms with E-state index in [2.05, 4.69) is 34.5 Å². The number of hydrogen-bond acceptors (Lipinski definition) is 0. The third-order valence-electron chi connectivity index (χ3n) is 0.800. The first-order valence-electron chi connectivity index (χ1n) is 2.01. The molecule has 0 aliphatic heterocycles. The fourth-order valence-corrected chi connectivity index (χ4v) is 0.711. The van der Waals surface area contributed by atoms with Gasteiger partial charge in [-0.2, -0.15) is 4.44 Å². The highest BCUT2D eigenvalue weighted by Gasteiger charge is 1.84. The topological polar surface area (TPSA) is 0 Å². The van der Waals surface area contributed by atoms with E-state index < -0.39 is 0 Å². The lowest BCUT2D eigenvalue weighted by molar-refractivity contribution is 1.41. The summed E-state index contributed by atoms with van der Waals surface area (Å²) in [7, 11) is 0. The van der Waals surface area contributed by atoms with Crippen LogP contribution < -0.4 is 0 Å². The highest BCUT2D eigenvalue weighted by Crippen LogP contribution is 2.03. The van der Waals surface area contributed by atoms with Crippen LogP contribution in [0.1, 0.15) is 6.42 Å². The van der Waals surface area contributed by atoms with E-state index in [0.717, 1.165) is 6.42 Å². The Morgan fingerprint density at radius 1 is 1.38 bits per heavy atom. The van der Waals surface area contributed by atoms with Crippen LogP contribution in [0.4, 0.5) is 0 Å². The van der Waals surface area contributed by atoms with Gasteiger partial charge in [0.05, 0.1) is 0 Å². The molecule has 2 radical (unpaired) electrons. The van der Waals surface area contributed by atoms with Crippen LogP contribution in [0.15, 0.2) is 22.7 Å². The van der Waals surface area contributed by atoms with Crippen molar-refractivity contribution in [2.24, 2.45) is 0 Å². The van der Waals surface area contributed by atoms with Gasteiger partial charge < -0.3 is 0 Å². The van der Waals surface area contributed by atoms with Gasteiger partial charge in [-0.05, 0) is 6.42 Å². The van der Waals surface area contributed by atoms with E-state index in [1.807, 2.05) is 0 Å². The first-order valence-corrected chi connectivity index (χ1v) is 2.58. The van der Waals surface area contributed by atoms with Crippen molar-refractivity contribution < 1.29 is 0 Å².